The van der Waals surface area contributed by atoms with Gasteiger partial charge in [-0.05, 0) is 67.1 Å². The molecule has 1 saturated carbocycles. The van der Waals surface area contributed by atoms with Crippen molar-refractivity contribution in [1.82, 2.24) is 4.98 Å². The van der Waals surface area contributed by atoms with Crippen LogP contribution in [0.15, 0.2) is 60.7 Å². The zero-order chi connectivity index (χ0) is 23.8. The minimum absolute atomic E-state index is 0.0581. The maximum atomic E-state index is 12.9. The van der Waals surface area contributed by atoms with E-state index in [0.29, 0.717) is 18.4 Å². The highest BCUT2D eigenvalue weighted by Gasteiger charge is 2.37. The topological polar surface area (TPSA) is 79.3 Å². The molecule has 2 N–H and O–H groups in total. The fraction of sp³-hybridized carbons (Fsp3) is 0.250. The van der Waals surface area contributed by atoms with Gasteiger partial charge in [-0.2, -0.15) is 0 Å². The van der Waals surface area contributed by atoms with Gasteiger partial charge >= 0.3 is 5.97 Å². The van der Waals surface area contributed by atoms with Crippen LogP contribution in [0.5, 0.6) is 0 Å². The molecule has 0 spiro atoms. The van der Waals surface area contributed by atoms with Gasteiger partial charge in [0.15, 0.2) is 10.9 Å². The van der Waals surface area contributed by atoms with Gasteiger partial charge in [-0.25, -0.2) is 4.98 Å². The van der Waals surface area contributed by atoms with Gasteiger partial charge in [0.25, 0.3) is 0 Å². The summed E-state index contributed by atoms with van der Waals surface area (Å²) in [6.45, 7) is 4.20. The number of nitrogens with one attached hydrogen (secondary N) is 1. The Labute approximate surface area is 202 Å². The van der Waals surface area contributed by atoms with Crippen molar-refractivity contribution in [2.45, 2.75) is 33.1 Å². The molecule has 0 aliphatic heterocycles. The van der Waals surface area contributed by atoms with Gasteiger partial charge in [-0.15, -0.1) is 0 Å². The number of carbonyl (C=O) groups excluding carboxylic acids is 1. The third kappa shape index (κ3) is 4.33. The number of fused-ring (bicyclic) bond motifs is 1. The number of aliphatic carboxylic acids is 1. The molecule has 172 valence electrons. The van der Waals surface area contributed by atoms with E-state index in [2.05, 4.69) is 31.3 Å². The first-order valence-corrected chi connectivity index (χ1v) is 12.3. The molecule has 1 aliphatic rings. The quantitative estimate of drug-likeness (QED) is 0.296. The van der Waals surface area contributed by atoms with Gasteiger partial charge < -0.3 is 10.4 Å². The number of aryl methyl sites for hydroxylation is 2. The van der Waals surface area contributed by atoms with Crippen LogP contribution in [0.25, 0.3) is 21.3 Å². The number of carboxylic acid groups (broad SMARTS) is 1. The smallest absolute Gasteiger partial charge is 0.307 e. The SMILES string of the molecule is Cc1cc(C)c2sc(Nc3ccc(-c4ccc(C(=O)[C@H]5CCC[C@@H]5C(=O)O)cc4)cc3)nc2c1. The van der Waals surface area contributed by atoms with Crippen molar-refractivity contribution in [2.75, 3.05) is 5.32 Å². The Bertz CT molecular complexity index is 1370. The molecule has 5 rings (SSSR count). The second-order valence-electron chi connectivity index (χ2n) is 9.08. The lowest BCUT2D eigenvalue weighted by Crippen LogP contribution is -2.25. The number of carbonyl (C=O) groups is 2. The second kappa shape index (κ2) is 9.03. The lowest BCUT2D eigenvalue weighted by Gasteiger charge is -2.14. The summed E-state index contributed by atoms with van der Waals surface area (Å²) in [6, 6.07) is 19.9. The van der Waals surface area contributed by atoms with Crippen molar-refractivity contribution in [3.8, 4) is 11.1 Å². The minimum atomic E-state index is -0.864. The molecule has 0 bridgehead atoms. The zero-order valence-corrected chi connectivity index (χ0v) is 20.0. The first-order chi connectivity index (χ1) is 16.4. The van der Waals surface area contributed by atoms with E-state index in [1.807, 2.05) is 48.5 Å². The lowest BCUT2D eigenvalue weighted by atomic mass is 9.88. The fourth-order valence-electron chi connectivity index (χ4n) is 4.91. The highest BCUT2D eigenvalue weighted by molar-refractivity contribution is 7.22. The highest BCUT2D eigenvalue weighted by atomic mass is 32.1. The number of hydrogen-bond acceptors (Lipinski definition) is 5. The highest BCUT2D eigenvalue weighted by Crippen LogP contribution is 2.35. The van der Waals surface area contributed by atoms with Crippen molar-refractivity contribution in [1.29, 1.82) is 0 Å². The summed E-state index contributed by atoms with van der Waals surface area (Å²) >= 11 is 1.65. The number of aromatic nitrogens is 1. The molecule has 1 aromatic heterocycles. The molecule has 34 heavy (non-hydrogen) atoms. The number of rotatable bonds is 6. The van der Waals surface area contributed by atoms with E-state index in [0.717, 1.165) is 33.9 Å². The van der Waals surface area contributed by atoms with Gasteiger partial charge in [0.1, 0.15) is 0 Å². The average Bonchev–Trinajstić information content (AvgIpc) is 3.47. The average molecular weight is 471 g/mol. The van der Waals surface area contributed by atoms with E-state index in [4.69, 9.17) is 4.98 Å². The summed E-state index contributed by atoms with van der Waals surface area (Å²) in [5.41, 5.74) is 7.07. The summed E-state index contributed by atoms with van der Waals surface area (Å²) in [6.07, 6.45) is 2.03. The Morgan fingerprint density at radius 3 is 2.26 bits per heavy atom. The Morgan fingerprint density at radius 2 is 1.59 bits per heavy atom. The summed E-state index contributed by atoms with van der Waals surface area (Å²) in [4.78, 5) is 29.0. The van der Waals surface area contributed by atoms with Crippen molar-refractivity contribution < 1.29 is 14.7 Å². The van der Waals surface area contributed by atoms with E-state index >= 15 is 0 Å². The van der Waals surface area contributed by atoms with Crippen LogP contribution in [-0.4, -0.2) is 21.8 Å². The van der Waals surface area contributed by atoms with Crippen LogP contribution in [0.2, 0.25) is 0 Å². The third-order valence-electron chi connectivity index (χ3n) is 6.63. The normalized spacial score (nSPS) is 17.7. The lowest BCUT2D eigenvalue weighted by molar-refractivity contribution is -0.142. The Hall–Kier alpha value is -3.51. The van der Waals surface area contributed by atoms with Crippen LogP contribution in [-0.2, 0) is 4.79 Å². The van der Waals surface area contributed by atoms with Crippen LogP contribution in [0.4, 0.5) is 10.8 Å². The first kappa shape index (κ1) is 22.3. The Morgan fingerprint density at radius 1 is 0.941 bits per heavy atom. The fourth-order valence-corrected chi connectivity index (χ4v) is 5.85. The molecule has 0 saturated heterocycles. The van der Waals surface area contributed by atoms with Crippen LogP contribution in [0.3, 0.4) is 0 Å². The van der Waals surface area contributed by atoms with Gasteiger partial charge in [0.05, 0.1) is 16.1 Å². The van der Waals surface area contributed by atoms with E-state index < -0.39 is 17.8 Å². The maximum absolute atomic E-state index is 12.9. The number of ketones is 1. The van der Waals surface area contributed by atoms with E-state index in [9.17, 15) is 14.7 Å². The van der Waals surface area contributed by atoms with E-state index in [1.54, 1.807) is 11.3 Å². The van der Waals surface area contributed by atoms with Crippen LogP contribution < -0.4 is 5.32 Å². The number of benzene rings is 3. The molecule has 1 heterocycles. The molecule has 1 aliphatic carbocycles. The molecule has 0 amide bonds. The molecule has 0 unspecified atom stereocenters. The van der Waals surface area contributed by atoms with Gasteiger partial charge in [-0.3, -0.25) is 9.59 Å². The molecule has 6 heteroatoms. The minimum Gasteiger partial charge on any atom is -0.481 e. The molecular weight excluding hydrogens is 444 g/mol. The monoisotopic (exact) mass is 470 g/mol. The molecular formula is C28H26N2O3S. The zero-order valence-electron chi connectivity index (χ0n) is 19.2. The van der Waals surface area contributed by atoms with E-state index in [-0.39, 0.29) is 5.78 Å². The third-order valence-corrected chi connectivity index (χ3v) is 7.75. The number of nitrogens with zero attached hydrogens (tertiary/aromatic N) is 1. The molecule has 2 atom stereocenters. The van der Waals surface area contributed by atoms with Crippen molar-refractivity contribution in [3.63, 3.8) is 0 Å². The van der Waals surface area contributed by atoms with E-state index in [1.165, 1.54) is 15.8 Å². The van der Waals surface area contributed by atoms with Crippen molar-refractivity contribution in [2.24, 2.45) is 11.8 Å². The predicted molar refractivity (Wildman–Crippen MR) is 137 cm³/mol. The summed E-state index contributed by atoms with van der Waals surface area (Å²) in [5, 5.41) is 13.7. The second-order valence-corrected chi connectivity index (χ2v) is 10.1. The van der Waals surface area contributed by atoms with Gasteiger partial charge in [0.2, 0.25) is 0 Å². The predicted octanol–water partition coefficient (Wildman–Crippen LogP) is 7.01. The van der Waals surface area contributed by atoms with Crippen LogP contribution in [0, 0.1) is 25.7 Å². The standard InChI is InChI=1S/C28H26N2O3S/c1-16-14-17(2)26-24(15-16)30-28(34-26)29-21-12-10-19(11-13-21)18-6-8-20(9-7-18)25(31)22-4-3-5-23(22)27(32)33/h6-15,22-23H,3-5H2,1-2H3,(H,29,30)(H,32,33)/t22-,23-/m0/s1. The number of hydrogen-bond donors (Lipinski definition) is 2. The number of thiazole rings is 1. The van der Waals surface area contributed by atoms with Gasteiger partial charge in [0, 0.05) is 17.2 Å². The number of carboxylic acids is 1. The largest absolute Gasteiger partial charge is 0.481 e. The summed E-state index contributed by atoms with van der Waals surface area (Å²) in [5.74, 6) is -1.89. The Balaban J connectivity index is 1.29. The molecule has 1 fully saturated rings. The summed E-state index contributed by atoms with van der Waals surface area (Å²) < 4.78 is 1.20. The van der Waals surface area contributed by atoms with Crippen molar-refractivity contribution in [3.05, 3.63) is 77.4 Å². The number of anilines is 2. The van der Waals surface area contributed by atoms with Crippen molar-refractivity contribution >= 4 is 44.1 Å². The molecule has 0 radical (unpaired) electrons. The van der Waals surface area contributed by atoms with Crippen LogP contribution >= 0.6 is 11.3 Å². The molecule has 4 aromatic rings. The molecule has 3 aromatic carbocycles. The first-order valence-electron chi connectivity index (χ1n) is 11.5. The van der Waals surface area contributed by atoms with Crippen LogP contribution in [0.1, 0.15) is 40.7 Å². The van der Waals surface area contributed by atoms with Gasteiger partial charge in [-0.1, -0.05) is 60.2 Å². The number of Topliss-reactive ketones (excluding diaryl/α,β-unsaturated/α-hetero) is 1. The maximum Gasteiger partial charge on any atom is 0.307 e. The Kier molecular flexibility index (Phi) is 5.92. The summed E-state index contributed by atoms with van der Waals surface area (Å²) in [7, 11) is 0. The molecule has 5 nitrogen and oxygen atoms in total.